The first-order valence-electron chi connectivity index (χ1n) is 6.89. The normalized spacial score (nSPS) is 12.4. The SMILES string of the molecule is Cc1nc(S[C@H](C(=O)NC(N)=O)C(C)C)c2ccccc2n1. The monoisotopic (exact) mass is 318 g/mol. The van der Waals surface area contributed by atoms with E-state index in [4.69, 9.17) is 5.73 Å². The summed E-state index contributed by atoms with van der Waals surface area (Å²) in [6.45, 7) is 5.63. The van der Waals surface area contributed by atoms with Crippen molar-refractivity contribution < 1.29 is 9.59 Å². The number of carbonyl (C=O) groups is 2. The van der Waals surface area contributed by atoms with Gasteiger partial charge in [0.05, 0.1) is 10.8 Å². The zero-order chi connectivity index (χ0) is 16.3. The number of hydrogen-bond acceptors (Lipinski definition) is 5. The van der Waals surface area contributed by atoms with Crippen molar-refractivity contribution in [1.29, 1.82) is 0 Å². The lowest BCUT2D eigenvalue weighted by Gasteiger charge is -2.19. The molecule has 1 aromatic carbocycles. The molecule has 0 spiro atoms. The van der Waals surface area contributed by atoms with Crippen molar-refractivity contribution in [2.45, 2.75) is 31.0 Å². The van der Waals surface area contributed by atoms with Gasteiger partial charge in [-0.2, -0.15) is 0 Å². The van der Waals surface area contributed by atoms with E-state index in [-0.39, 0.29) is 5.92 Å². The highest BCUT2D eigenvalue weighted by atomic mass is 32.2. The first kappa shape index (κ1) is 16.2. The molecular weight excluding hydrogens is 300 g/mol. The third-order valence-corrected chi connectivity index (χ3v) is 4.58. The topological polar surface area (TPSA) is 98.0 Å². The maximum Gasteiger partial charge on any atom is 0.318 e. The van der Waals surface area contributed by atoms with E-state index in [0.717, 1.165) is 15.9 Å². The molecule has 1 atom stereocenters. The van der Waals surface area contributed by atoms with E-state index in [1.165, 1.54) is 11.8 Å². The number of fused-ring (bicyclic) bond motifs is 1. The summed E-state index contributed by atoms with van der Waals surface area (Å²) in [6.07, 6.45) is 0. The van der Waals surface area contributed by atoms with Gasteiger partial charge < -0.3 is 5.73 Å². The van der Waals surface area contributed by atoms with Crippen LogP contribution in [0.3, 0.4) is 0 Å². The van der Waals surface area contributed by atoms with Gasteiger partial charge in [0.2, 0.25) is 5.91 Å². The van der Waals surface area contributed by atoms with Crippen LogP contribution in [0.5, 0.6) is 0 Å². The molecule has 22 heavy (non-hydrogen) atoms. The molecule has 2 rings (SSSR count). The Balaban J connectivity index is 2.38. The summed E-state index contributed by atoms with van der Waals surface area (Å²) >= 11 is 1.32. The minimum atomic E-state index is -0.847. The lowest BCUT2D eigenvalue weighted by atomic mass is 10.1. The van der Waals surface area contributed by atoms with Crippen LogP contribution in [0.2, 0.25) is 0 Å². The van der Waals surface area contributed by atoms with E-state index >= 15 is 0 Å². The van der Waals surface area contributed by atoms with Gasteiger partial charge in [-0.3, -0.25) is 10.1 Å². The Labute approximate surface area is 132 Å². The number of carbonyl (C=O) groups excluding carboxylic acids is 2. The number of aromatic nitrogens is 2. The van der Waals surface area contributed by atoms with E-state index in [9.17, 15) is 9.59 Å². The zero-order valence-electron chi connectivity index (χ0n) is 12.7. The Bertz CT molecular complexity index is 718. The molecule has 116 valence electrons. The van der Waals surface area contributed by atoms with Gasteiger partial charge in [-0.15, -0.1) is 0 Å². The fourth-order valence-electron chi connectivity index (χ4n) is 2.05. The standard InChI is InChI=1S/C15H18N4O2S/c1-8(2)12(13(20)19-15(16)21)22-14-10-6-4-5-7-11(10)17-9(3)18-14/h4-8,12H,1-3H3,(H3,16,19,20,21)/t12-/m0/s1. The second kappa shape index (κ2) is 6.74. The number of nitrogens with two attached hydrogens (primary N) is 1. The first-order chi connectivity index (χ1) is 10.4. The molecule has 0 unspecified atom stereocenters. The largest absolute Gasteiger partial charge is 0.351 e. The van der Waals surface area contributed by atoms with Crippen LogP contribution >= 0.6 is 11.8 Å². The second-order valence-electron chi connectivity index (χ2n) is 5.23. The summed E-state index contributed by atoms with van der Waals surface area (Å²) in [6, 6.07) is 6.78. The molecule has 0 radical (unpaired) electrons. The van der Waals surface area contributed by atoms with Crippen molar-refractivity contribution in [3.05, 3.63) is 30.1 Å². The number of rotatable bonds is 4. The number of imide groups is 1. The average Bonchev–Trinajstić information content (AvgIpc) is 2.43. The van der Waals surface area contributed by atoms with Gasteiger partial charge in [-0.25, -0.2) is 14.8 Å². The number of thioether (sulfide) groups is 1. The number of primary amides is 1. The summed E-state index contributed by atoms with van der Waals surface area (Å²) in [7, 11) is 0. The Hall–Kier alpha value is -2.15. The van der Waals surface area contributed by atoms with Crippen LogP contribution in [0, 0.1) is 12.8 Å². The van der Waals surface area contributed by atoms with E-state index in [1.807, 2.05) is 45.0 Å². The summed E-state index contributed by atoms with van der Waals surface area (Å²) in [4.78, 5) is 31.9. The molecule has 0 aliphatic carbocycles. The molecule has 1 aromatic heterocycles. The molecule has 2 aromatic rings. The van der Waals surface area contributed by atoms with Crippen molar-refractivity contribution in [3.63, 3.8) is 0 Å². The molecule has 3 amide bonds. The smallest absolute Gasteiger partial charge is 0.318 e. The molecule has 0 saturated carbocycles. The van der Waals surface area contributed by atoms with Crippen LogP contribution in [0.1, 0.15) is 19.7 Å². The first-order valence-corrected chi connectivity index (χ1v) is 7.76. The number of amides is 3. The molecule has 0 fully saturated rings. The van der Waals surface area contributed by atoms with Crippen molar-refractivity contribution in [1.82, 2.24) is 15.3 Å². The minimum Gasteiger partial charge on any atom is -0.351 e. The van der Waals surface area contributed by atoms with Crippen LogP contribution in [0.15, 0.2) is 29.3 Å². The number of nitrogens with zero attached hydrogens (tertiary/aromatic N) is 2. The van der Waals surface area contributed by atoms with Gasteiger partial charge in [0.25, 0.3) is 0 Å². The fourth-order valence-corrected chi connectivity index (χ4v) is 3.22. The summed E-state index contributed by atoms with van der Waals surface area (Å²) in [5.74, 6) is 0.241. The fraction of sp³-hybridized carbons (Fsp3) is 0.333. The van der Waals surface area contributed by atoms with Crippen molar-refractivity contribution in [3.8, 4) is 0 Å². The van der Waals surface area contributed by atoms with Crippen molar-refractivity contribution in [2.75, 3.05) is 0 Å². The highest BCUT2D eigenvalue weighted by Gasteiger charge is 2.26. The van der Waals surface area contributed by atoms with E-state index in [0.29, 0.717) is 5.82 Å². The lowest BCUT2D eigenvalue weighted by Crippen LogP contribution is -2.42. The number of aryl methyl sites for hydroxylation is 1. The van der Waals surface area contributed by atoms with Gasteiger partial charge in [0.1, 0.15) is 10.9 Å². The van der Waals surface area contributed by atoms with Gasteiger partial charge in [0, 0.05) is 5.39 Å². The van der Waals surface area contributed by atoms with Crippen LogP contribution in [0.4, 0.5) is 4.79 Å². The van der Waals surface area contributed by atoms with Gasteiger partial charge in [0.15, 0.2) is 0 Å². The molecule has 0 saturated heterocycles. The molecule has 7 heteroatoms. The Kier molecular flexibility index (Phi) is 4.97. The average molecular weight is 318 g/mol. The molecule has 0 aliphatic rings. The Morgan fingerprint density at radius 3 is 2.55 bits per heavy atom. The zero-order valence-corrected chi connectivity index (χ0v) is 13.5. The Morgan fingerprint density at radius 1 is 1.23 bits per heavy atom. The number of urea groups is 1. The lowest BCUT2D eigenvalue weighted by molar-refractivity contribution is -0.120. The van der Waals surface area contributed by atoms with Crippen LogP contribution < -0.4 is 11.1 Å². The summed E-state index contributed by atoms with van der Waals surface area (Å²) < 4.78 is 0. The molecule has 0 bridgehead atoms. The predicted octanol–water partition coefficient (Wildman–Crippen LogP) is 2.25. The van der Waals surface area contributed by atoms with E-state index < -0.39 is 17.2 Å². The number of benzene rings is 1. The quantitative estimate of drug-likeness (QED) is 0.665. The maximum atomic E-state index is 12.1. The van der Waals surface area contributed by atoms with Gasteiger partial charge in [-0.1, -0.05) is 43.8 Å². The predicted molar refractivity (Wildman–Crippen MR) is 86.5 cm³/mol. The number of para-hydroxylation sites is 1. The van der Waals surface area contributed by atoms with Crippen molar-refractivity contribution in [2.24, 2.45) is 11.7 Å². The third-order valence-electron chi connectivity index (χ3n) is 3.03. The van der Waals surface area contributed by atoms with Gasteiger partial charge >= 0.3 is 6.03 Å². The van der Waals surface area contributed by atoms with Crippen LogP contribution in [-0.4, -0.2) is 27.2 Å². The summed E-state index contributed by atoms with van der Waals surface area (Å²) in [5.41, 5.74) is 5.86. The second-order valence-corrected chi connectivity index (χ2v) is 6.36. The molecule has 3 N–H and O–H groups in total. The van der Waals surface area contributed by atoms with E-state index in [1.54, 1.807) is 0 Å². The number of hydrogen-bond donors (Lipinski definition) is 2. The molecule has 0 aliphatic heterocycles. The third kappa shape index (κ3) is 3.73. The Morgan fingerprint density at radius 2 is 1.91 bits per heavy atom. The van der Waals surface area contributed by atoms with Crippen molar-refractivity contribution >= 4 is 34.6 Å². The summed E-state index contributed by atoms with van der Waals surface area (Å²) in [5, 5.41) is 3.28. The highest BCUT2D eigenvalue weighted by molar-refractivity contribution is 8.00. The highest BCUT2D eigenvalue weighted by Crippen LogP contribution is 2.31. The minimum absolute atomic E-state index is 0.0124. The van der Waals surface area contributed by atoms with Gasteiger partial charge in [-0.05, 0) is 18.9 Å². The van der Waals surface area contributed by atoms with Crippen LogP contribution in [-0.2, 0) is 4.79 Å². The van der Waals surface area contributed by atoms with Crippen LogP contribution in [0.25, 0.3) is 10.9 Å². The molecule has 6 nitrogen and oxygen atoms in total. The van der Waals surface area contributed by atoms with E-state index in [2.05, 4.69) is 15.3 Å². The maximum absolute atomic E-state index is 12.1. The number of nitrogens with one attached hydrogen (secondary N) is 1. The molecular formula is C15H18N4O2S. The molecule has 1 heterocycles.